The molecule has 2 rings (SSSR count). The average Bonchev–Trinajstić information content (AvgIpc) is 3.00. The number of aromatic carboxylic acids is 1. The number of rotatable bonds is 7. The molecule has 5 nitrogen and oxygen atoms in total. The molecule has 0 saturated heterocycles. The summed E-state index contributed by atoms with van der Waals surface area (Å²) < 4.78 is 5.52. The number of amides is 1. The van der Waals surface area contributed by atoms with Crippen LogP contribution in [0.25, 0.3) is 0 Å². The van der Waals surface area contributed by atoms with E-state index in [9.17, 15) is 9.59 Å². The highest BCUT2D eigenvalue weighted by Gasteiger charge is 2.14. The Bertz CT molecular complexity index is 639. The Labute approximate surface area is 132 Å². The predicted molar refractivity (Wildman–Crippen MR) is 83.8 cm³/mol. The summed E-state index contributed by atoms with van der Waals surface area (Å²) in [5, 5.41) is 11.6. The van der Waals surface area contributed by atoms with Crippen molar-refractivity contribution in [3.05, 3.63) is 57.8 Å². The minimum atomic E-state index is -0.956. The number of carboxylic acids is 1. The zero-order valence-corrected chi connectivity index (χ0v) is 12.9. The molecule has 2 N–H and O–H groups in total. The number of carbonyl (C=O) groups is 2. The van der Waals surface area contributed by atoms with Crippen molar-refractivity contribution in [3.8, 4) is 0 Å². The Balaban J connectivity index is 1.77. The number of hydrogen-bond acceptors (Lipinski definition) is 4. The van der Waals surface area contributed by atoms with Crippen LogP contribution in [-0.2, 0) is 22.7 Å². The third kappa shape index (κ3) is 4.68. The third-order valence-electron chi connectivity index (χ3n) is 3.02. The molecule has 0 radical (unpaired) electrons. The van der Waals surface area contributed by atoms with Gasteiger partial charge < -0.3 is 15.2 Å². The zero-order valence-electron chi connectivity index (χ0n) is 12.1. The number of nitrogens with one attached hydrogen (secondary N) is 1. The largest absolute Gasteiger partial charge is 0.477 e. The summed E-state index contributed by atoms with van der Waals surface area (Å²) in [5.41, 5.74) is 1.01. The van der Waals surface area contributed by atoms with Gasteiger partial charge in [0.25, 0.3) is 0 Å². The van der Waals surface area contributed by atoms with Gasteiger partial charge >= 0.3 is 5.97 Å². The lowest BCUT2D eigenvalue weighted by Crippen LogP contribution is -2.33. The molecule has 0 aliphatic carbocycles. The molecule has 1 atom stereocenters. The SMILES string of the molecule is CC(OCc1ccccc1)C(=O)NCc1ccc(C(=O)O)s1. The van der Waals surface area contributed by atoms with Crippen molar-refractivity contribution < 1.29 is 19.4 Å². The van der Waals surface area contributed by atoms with Crippen molar-refractivity contribution in [2.75, 3.05) is 0 Å². The molecule has 0 spiro atoms. The lowest BCUT2D eigenvalue weighted by molar-refractivity contribution is -0.132. The Morgan fingerprint density at radius 2 is 1.95 bits per heavy atom. The number of hydrogen-bond donors (Lipinski definition) is 2. The van der Waals surface area contributed by atoms with Crippen molar-refractivity contribution in [2.24, 2.45) is 0 Å². The van der Waals surface area contributed by atoms with Crippen LogP contribution in [0.1, 0.15) is 27.0 Å². The molecule has 1 aromatic heterocycles. The molecule has 6 heteroatoms. The highest BCUT2D eigenvalue weighted by Crippen LogP contribution is 2.16. The predicted octanol–water partition coefficient (Wildman–Crippen LogP) is 2.67. The maximum absolute atomic E-state index is 11.9. The van der Waals surface area contributed by atoms with Gasteiger partial charge in [-0.05, 0) is 24.6 Å². The first-order valence-electron chi connectivity index (χ1n) is 6.81. The van der Waals surface area contributed by atoms with Crippen molar-refractivity contribution in [1.82, 2.24) is 5.32 Å². The van der Waals surface area contributed by atoms with Crippen LogP contribution < -0.4 is 5.32 Å². The maximum Gasteiger partial charge on any atom is 0.345 e. The molecular formula is C16H17NO4S. The van der Waals surface area contributed by atoms with Crippen LogP contribution >= 0.6 is 11.3 Å². The minimum Gasteiger partial charge on any atom is -0.477 e. The number of benzene rings is 1. The molecule has 1 amide bonds. The number of thiophene rings is 1. The van der Waals surface area contributed by atoms with E-state index in [1.54, 1.807) is 13.0 Å². The molecular weight excluding hydrogens is 302 g/mol. The fraction of sp³-hybridized carbons (Fsp3) is 0.250. The Hall–Kier alpha value is -2.18. The second-order valence-corrected chi connectivity index (χ2v) is 5.90. The molecule has 1 unspecified atom stereocenters. The van der Waals surface area contributed by atoms with Gasteiger partial charge in [-0.2, -0.15) is 0 Å². The third-order valence-corrected chi connectivity index (χ3v) is 4.09. The van der Waals surface area contributed by atoms with Crippen LogP contribution in [0.3, 0.4) is 0 Å². The van der Waals surface area contributed by atoms with Gasteiger partial charge in [-0.1, -0.05) is 30.3 Å². The van der Waals surface area contributed by atoms with Gasteiger partial charge in [0.05, 0.1) is 13.2 Å². The summed E-state index contributed by atoms with van der Waals surface area (Å²) in [6.07, 6.45) is -0.570. The Kier molecular flexibility index (Phi) is 5.68. The molecule has 0 fully saturated rings. The van der Waals surface area contributed by atoms with E-state index in [4.69, 9.17) is 9.84 Å². The number of carbonyl (C=O) groups excluding carboxylic acids is 1. The standard InChI is InChI=1S/C16H17NO4S/c1-11(21-10-12-5-3-2-4-6-12)15(18)17-9-13-7-8-14(22-13)16(19)20/h2-8,11H,9-10H2,1H3,(H,17,18)(H,19,20). The molecule has 0 aliphatic rings. The van der Waals surface area contributed by atoms with E-state index in [2.05, 4.69) is 5.32 Å². The molecule has 1 aromatic carbocycles. The van der Waals surface area contributed by atoms with Crippen molar-refractivity contribution in [3.63, 3.8) is 0 Å². The molecule has 116 valence electrons. The van der Waals surface area contributed by atoms with Gasteiger partial charge in [0.1, 0.15) is 11.0 Å². The Morgan fingerprint density at radius 1 is 1.23 bits per heavy atom. The Morgan fingerprint density at radius 3 is 2.59 bits per heavy atom. The lowest BCUT2D eigenvalue weighted by Gasteiger charge is -2.13. The van der Waals surface area contributed by atoms with E-state index in [-0.39, 0.29) is 10.8 Å². The van der Waals surface area contributed by atoms with Crippen LogP contribution in [0.15, 0.2) is 42.5 Å². The van der Waals surface area contributed by atoms with Crippen LogP contribution in [0.4, 0.5) is 0 Å². The van der Waals surface area contributed by atoms with E-state index in [1.807, 2.05) is 30.3 Å². The van der Waals surface area contributed by atoms with Crippen LogP contribution in [0.2, 0.25) is 0 Å². The first-order valence-corrected chi connectivity index (χ1v) is 7.63. The van der Waals surface area contributed by atoms with Crippen molar-refractivity contribution in [2.45, 2.75) is 26.2 Å². The molecule has 22 heavy (non-hydrogen) atoms. The molecule has 0 aliphatic heterocycles. The van der Waals surface area contributed by atoms with Crippen molar-refractivity contribution in [1.29, 1.82) is 0 Å². The van der Waals surface area contributed by atoms with Gasteiger partial charge in [-0.3, -0.25) is 4.79 Å². The van der Waals surface area contributed by atoms with E-state index in [0.29, 0.717) is 13.2 Å². The minimum absolute atomic E-state index is 0.221. The van der Waals surface area contributed by atoms with Gasteiger partial charge in [-0.15, -0.1) is 11.3 Å². The normalized spacial score (nSPS) is 11.9. The summed E-state index contributed by atoms with van der Waals surface area (Å²) in [6.45, 7) is 2.36. The van der Waals surface area contributed by atoms with E-state index < -0.39 is 12.1 Å². The van der Waals surface area contributed by atoms with Gasteiger partial charge in [0.15, 0.2) is 0 Å². The lowest BCUT2D eigenvalue weighted by atomic mass is 10.2. The molecule has 0 saturated carbocycles. The zero-order chi connectivity index (χ0) is 15.9. The summed E-state index contributed by atoms with van der Waals surface area (Å²) in [7, 11) is 0. The van der Waals surface area contributed by atoms with E-state index in [0.717, 1.165) is 21.8 Å². The first kappa shape index (κ1) is 16.2. The van der Waals surface area contributed by atoms with Gasteiger partial charge in [0, 0.05) is 4.88 Å². The van der Waals surface area contributed by atoms with E-state index in [1.165, 1.54) is 6.07 Å². The summed E-state index contributed by atoms with van der Waals surface area (Å²) in [4.78, 5) is 23.8. The van der Waals surface area contributed by atoms with Crippen molar-refractivity contribution >= 4 is 23.2 Å². The van der Waals surface area contributed by atoms with Gasteiger partial charge in [-0.25, -0.2) is 4.79 Å². The summed E-state index contributed by atoms with van der Waals surface area (Å²) >= 11 is 1.15. The summed E-state index contributed by atoms with van der Waals surface area (Å²) in [6, 6.07) is 12.9. The second kappa shape index (κ2) is 7.72. The monoisotopic (exact) mass is 319 g/mol. The smallest absolute Gasteiger partial charge is 0.345 e. The molecule has 0 bridgehead atoms. The van der Waals surface area contributed by atoms with E-state index >= 15 is 0 Å². The van der Waals surface area contributed by atoms with Gasteiger partial charge in [0.2, 0.25) is 5.91 Å². The molecule has 1 heterocycles. The first-order chi connectivity index (χ1) is 10.6. The summed E-state index contributed by atoms with van der Waals surface area (Å²) in [5.74, 6) is -1.18. The fourth-order valence-corrected chi connectivity index (χ4v) is 2.56. The number of carboxylic acid groups (broad SMARTS) is 1. The topological polar surface area (TPSA) is 75.6 Å². The highest BCUT2D eigenvalue weighted by molar-refractivity contribution is 7.13. The maximum atomic E-state index is 11.9. The highest BCUT2D eigenvalue weighted by atomic mass is 32.1. The van der Waals surface area contributed by atoms with Crippen LogP contribution in [0, 0.1) is 0 Å². The second-order valence-electron chi connectivity index (χ2n) is 4.73. The number of ether oxygens (including phenoxy) is 1. The average molecular weight is 319 g/mol. The fourth-order valence-electron chi connectivity index (χ4n) is 1.78. The van der Waals surface area contributed by atoms with Crippen LogP contribution in [-0.4, -0.2) is 23.1 Å². The van der Waals surface area contributed by atoms with Crippen LogP contribution in [0.5, 0.6) is 0 Å². The quantitative estimate of drug-likeness (QED) is 0.822. The molecule has 2 aromatic rings.